The Balaban J connectivity index is 1.60. The highest BCUT2D eigenvalue weighted by Crippen LogP contribution is 2.37. The fourth-order valence-electron chi connectivity index (χ4n) is 5.34. The molecule has 2 fully saturated rings. The molecule has 2 aromatic rings. The van der Waals surface area contributed by atoms with Crippen LogP contribution in [0, 0.1) is 11.3 Å². The monoisotopic (exact) mass is 538 g/mol. The molecule has 0 radical (unpaired) electrons. The Hall–Kier alpha value is -3.10. The third kappa shape index (κ3) is 6.66. The van der Waals surface area contributed by atoms with Crippen LogP contribution in [0.4, 0.5) is 26.3 Å². The predicted octanol–water partition coefficient (Wildman–Crippen LogP) is 5.08. The van der Waals surface area contributed by atoms with E-state index in [4.69, 9.17) is 5.26 Å². The van der Waals surface area contributed by atoms with Crippen molar-refractivity contribution in [3.63, 3.8) is 0 Å². The Morgan fingerprint density at radius 1 is 0.895 bits per heavy atom. The first-order valence-electron chi connectivity index (χ1n) is 12.4. The number of hydrogen-bond donors (Lipinski definition) is 0. The van der Waals surface area contributed by atoms with Crippen molar-refractivity contribution in [2.24, 2.45) is 0 Å². The highest BCUT2D eigenvalue weighted by Gasteiger charge is 2.40. The summed E-state index contributed by atoms with van der Waals surface area (Å²) in [4.78, 5) is 19.3. The molecule has 0 aromatic heterocycles. The lowest BCUT2D eigenvalue weighted by atomic mass is 9.90. The maximum Gasteiger partial charge on any atom is 0.416 e. The Labute approximate surface area is 217 Å². The summed E-state index contributed by atoms with van der Waals surface area (Å²) in [5.74, 6) is -0.833. The number of alkyl halides is 6. The van der Waals surface area contributed by atoms with Gasteiger partial charge in [-0.3, -0.25) is 14.6 Å². The van der Waals surface area contributed by atoms with Crippen molar-refractivity contribution in [3.8, 4) is 6.07 Å². The van der Waals surface area contributed by atoms with Gasteiger partial charge >= 0.3 is 12.4 Å². The van der Waals surface area contributed by atoms with Crippen molar-refractivity contribution in [1.82, 2.24) is 14.7 Å². The van der Waals surface area contributed by atoms with Gasteiger partial charge in [0, 0.05) is 50.4 Å². The zero-order chi connectivity index (χ0) is 27.5. The molecule has 2 aliphatic heterocycles. The lowest BCUT2D eigenvalue weighted by Gasteiger charge is -2.46. The van der Waals surface area contributed by atoms with Gasteiger partial charge in [0.2, 0.25) is 0 Å². The first-order valence-corrected chi connectivity index (χ1v) is 12.4. The van der Waals surface area contributed by atoms with E-state index in [1.807, 2.05) is 30.3 Å². The Morgan fingerprint density at radius 3 is 2.05 bits per heavy atom. The van der Waals surface area contributed by atoms with Gasteiger partial charge in [0.25, 0.3) is 5.91 Å². The van der Waals surface area contributed by atoms with Crippen molar-refractivity contribution in [2.45, 2.75) is 43.7 Å². The van der Waals surface area contributed by atoms with E-state index in [1.54, 1.807) is 0 Å². The van der Waals surface area contributed by atoms with E-state index in [0.717, 1.165) is 31.7 Å². The van der Waals surface area contributed by atoms with E-state index in [9.17, 15) is 31.1 Å². The van der Waals surface area contributed by atoms with Crippen molar-refractivity contribution in [3.05, 3.63) is 70.8 Å². The number of amides is 1. The summed E-state index contributed by atoms with van der Waals surface area (Å²) in [6.45, 7) is 3.55. The van der Waals surface area contributed by atoms with Crippen LogP contribution in [-0.4, -0.2) is 72.0 Å². The first kappa shape index (κ1) is 27.9. The highest BCUT2D eigenvalue weighted by atomic mass is 19.4. The van der Waals surface area contributed by atoms with Crippen LogP contribution in [0.2, 0.25) is 0 Å². The normalized spacial score (nSPS) is 21.8. The first-order chi connectivity index (χ1) is 18.0. The molecule has 5 nitrogen and oxygen atoms in total. The largest absolute Gasteiger partial charge is 0.416 e. The number of carbonyl (C=O) groups is 1. The molecule has 0 bridgehead atoms. The second-order valence-electron chi connectivity index (χ2n) is 9.79. The van der Waals surface area contributed by atoms with E-state index in [-0.39, 0.29) is 18.7 Å². The number of hydrogen-bond acceptors (Lipinski definition) is 4. The lowest BCUT2D eigenvalue weighted by Crippen LogP contribution is -2.56. The van der Waals surface area contributed by atoms with Crippen LogP contribution < -0.4 is 0 Å². The number of carbonyl (C=O) groups excluding carboxylic acids is 1. The zero-order valence-electron chi connectivity index (χ0n) is 20.6. The third-order valence-corrected chi connectivity index (χ3v) is 7.32. The van der Waals surface area contributed by atoms with E-state index < -0.39 is 41.0 Å². The molecule has 2 aromatic carbocycles. The smallest absolute Gasteiger partial charge is 0.335 e. The molecular formula is C27H28F6N4O. The van der Waals surface area contributed by atoms with Gasteiger partial charge < -0.3 is 4.90 Å². The number of benzene rings is 2. The fraction of sp³-hybridized carbons (Fsp3) is 0.481. The van der Waals surface area contributed by atoms with Gasteiger partial charge in [-0.25, -0.2) is 0 Å². The number of halogens is 6. The molecule has 1 amide bonds. The molecule has 0 aliphatic carbocycles. The predicted molar refractivity (Wildman–Crippen MR) is 128 cm³/mol. The zero-order valence-corrected chi connectivity index (χ0v) is 20.6. The quantitative estimate of drug-likeness (QED) is 0.394. The maximum atomic E-state index is 13.5. The van der Waals surface area contributed by atoms with Gasteiger partial charge in [0.1, 0.15) is 0 Å². The molecule has 38 heavy (non-hydrogen) atoms. The number of nitrogens with zero attached hydrogens (tertiary/aromatic N) is 4. The van der Waals surface area contributed by atoms with Crippen LogP contribution in [0.3, 0.4) is 0 Å². The fourth-order valence-corrected chi connectivity index (χ4v) is 5.34. The summed E-state index contributed by atoms with van der Waals surface area (Å²) in [6, 6.07) is 12.2. The molecule has 204 valence electrons. The summed E-state index contributed by atoms with van der Waals surface area (Å²) >= 11 is 0. The molecule has 11 heteroatoms. The van der Waals surface area contributed by atoms with Crippen molar-refractivity contribution in [1.29, 1.82) is 5.26 Å². The van der Waals surface area contributed by atoms with E-state index in [1.165, 1.54) is 4.90 Å². The van der Waals surface area contributed by atoms with Gasteiger partial charge in [0.05, 0.1) is 23.7 Å². The second-order valence-corrected chi connectivity index (χ2v) is 9.79. The number of piperidine rings is 1. The molecule has 2 aliphatic rings. The molecule has 4 rings (SSSR count). The van der Waals surface area contributed by atoms with Gasteiger partial charge in [-0.05, 0) is 43.0 Å². The Bertz CT molecular complexity index is 1120. The van der Waals surface area contributed by atoms with Gasteiger partial charge in [-0.1, -0.05) is 30.3 Å². The maximum absolute atomic E-state index is 13.5. The van der Waals surface area contributed by atoms with E-state index >= 15 is 0 Å². The van der Waals surface area contributed by atoms with Crippen LogP contribution in [0.25, 0.3) is 0 Å². The minimum atomic E-state index is -5.03. The average Bonchev–Trinajstić information content (AvgIpc) is 2.88. The lowest BCUT2D eigenvalue weighted by molar-refractivity contribution is -0.143. The molecule has 0 N–H and O–H groups in total. The van der Waals surface area contributed by atoms with Gasteiger partial charge in [-0.2, -0.15) is 31.6 Å². The molecular weight excluding hydrogens is 510 g/mol. The molecule has 0 unspecified atom stereocenters. The van der Waals surface area contributed by atoms with Gasteiger partial charge in [-0.15, -0.1) is 0 Å². The number of nitriles is 1. The summed E-state index contributed by atoms with van der Waals surface area (Å²) < 4.78 is 80.5. The van der Waals surface area contributed by atoms with Crippen LogP contribution in [-0.2, 0) is 18.8 Å². The van der Waals surface area contributed by atoms with E-state index in [2.05, 4.69) is 15.9 Å². The molecule has 2 atom stereocenters. The summed E-state index contributed by atoms with van der Waals surface area (Å²) in [6.07, 6.45) is -8.52. The number of piperazine rings is 1. The van der Waals surface area contributed by atoms with Crippen LogP contribution >= 0.6 is 0 Å². The topological polar surface area (TPSA) is 50.6 Å². The van der Waals surface area contributed by atoms with E-state index in [0.29, 0.717) is 37.9 Å². The van der Waals surface area contributed by atoms with Crippen LogP contribution in [0.1, 0.15) is 39.9 Å². The van der Waals surface area contributed by atoms with Crippen LogP contribution in [0.15, 0.2) is 48.5 Å². The van der Waals surface area contributed by atoms with Crippen molar-refractivity contribution < 1.29 is 31.1 Å². The summed E-state index contributed by atoms with van der Waals surface area (Å²) in [7, 11) is 0. The number of rotatable bonds is 5. The van der Waals surface area contributed by atoms with Gasteiger partial charge in [0.15, 0.2) is 0 Å². The molecule has 2 saturated heterocycles. The van der Waals surface area contributed by atoms with Crippen molar-refractivity contribution in [2.75, 3.05) is 39.3 Å². The highest BCUT2D eigenvalue weighted by molar-refractivity contribution is 5.95. The summed E-state index contributed by atoms with van der Waals surface area (Å²) in [5, 5.41) is 8.94. The molecule has 0 spiro atoms. The SMILES string of the molecule is N#CCN1CCN([C@@H]2CCN(C(=O)c3cc(C(F)(F)F)cc(C(F)(F)F)c3)[C@H](Cc3ccccc3)C2)CC1. The Kier molecular flexibility index (Phi) is 8.33. The minimum absolute atomic E-state index is 0.0381. The minimum Gasteiger partial charge on any atom is -0.335 e. The standard InChI is InChI=1S/C27H28F6N4O/c28-26(29,30)21-15-20(16-22(17-21)27(31,32)33)25(38)37-8-6-23(36-12-10-35(9-7-34)11-13-36)18-24(37)14-19-4-2-1-3-5-19/h1-5,15-17,23-24H,6,8-14,18H2/t23-,24-/m1/s1. The third-order valence-electron chi connectivity index (χ3n) is 7.32. The molecule has 0 saturated carbocycles. The summed E-state index contributed by atoms with van der Waals surface area (Å²) in [5.41, 5.74) is -2.69. The number of likely N-dealkylation sites (tertiary alicyclic amines) is 1. The Morgan fingerprint density at radius 2 is 1.50 bits per heavy atom. The van der Waals surface area contributed by atoms with Crippen molar-refractivity contribution >= 4 is 5.91 Å². The molecule has 2 heterocycles. The second kappa shape index (κ2) is 11.3. The average molecular weight is 539 g/mol. The van der Waals surface area contributed by atoms with Crippen LogP contribution in [0.5, 0.6) is 0 Å².